The first kappa shape index (κ1) is 17.8. The van der Waals surface area contributed by atoms with Crippen molar-refractivity contribution in [2.75, 3.05) is 5.32 Å². The molecular formula is C16H14ClN3O3S. The Balaban J connectivity index is 2.09. The molecule has 0 unspecified atom stereocenters. The first-order valence-electron chi connectivity index (χ1n) is 6.91. The number of amides is 1. The Morgan fingerprint density at radius 2 is 1.92 bits per heavy atom. The molecular weight excluding hydrogens is 350 g/mol. The van der Waals surface area contributed by atoms with Crippen LogP contribution in [-0.2, 0) is 0 Å². The van der Waals surface area contributed by atoms with Gasteiger partial charge in [0.15, 0.2) is 5.11 Å². The Kier molecular flexibility index (Phi) is 5.48. The van der Waals surface area contributed by atoms with Crippen molar-refractivity contribution in [3.05, 3.63) is 68.2 Å². The average molecular weight is 364 g/mol. The summed E-state index contributed by atoms with van der Waals surface area (Å²) in [5, 5.41) is 16.2. The maximum atomic E-state index is 12.2. The largest absolute Gasteiger partial charge is 0.332 e. The van der Waals surface area contributed by atoms with Gasteiger partial charge in [-0.1, -0.05) is 29.3 Å². The van der Waals surface area contributed by atoms with E-state index in [4.69, 9.17) is 23.8 Å². The third-order valence-corrected chi connectivity index (χ3v) is 3.78. The van der Waals surface area contributed by atoms with Gasteiger partial charge in [0.2, 0.25) is 0 Å². The molecule has 1 amide bonds. The summed E-state index contributed by atoms with van der Waals surface area (Å²) in [5.41, 5.74) is 2.50. The number of nitrogens with zero attached hydrogens (tertiary/aromatic N) is 1. The minimum atomic E-state index is -0.592. The number of halogens is 1. The molecule has 0 aliphatic rings. The molecule has 6 nitrogen and oxygen atoms in total. The molecule has 124 valence electrons. The summed E-state index contributed by atoms with van der Waals surface area (Å²) >= 11 is 10.8. The van der Waals surface area contributed by atoms with Gasteiger partial charge in [-0.25, -0.2) is 0 Å². The van der Waals surface area contributed by atoms with Crippen LogP contribution >= 0.6 is 23.8 Å². The standard InChI is InChI=1S/C16H14ClN3O3S/c1-9-3-5-12(10(2)7-9)15(21)19-16(24)18-11-4-6-13(17)14(8-11)20(22)23/h3-8H,1-2H3,(H2,18,19,21,24). The summed E-state index contributed by atoms with van der Waals surface area (Å²) in [5.74, 6) is -0.353. The predicted octanol–water partition coefficient (Wildman–Crippen LogP) is 3.99. The summed E-state index contributed by atoms with van der Waals surface area (Å²) in [6, 6.07) is 9.62. The Labute approximate surface area is 149 Å². The van der Waals surface area contributed by atoms with Crippen molar-refractivity contribution in [2.24, 2.45) is 0 Å². The van der Waals surface area contributed by atoms with Gasteiger partial charge in [0, 0.05) is 17.3 Å². The topological polar surface area (TPSA) is 84.3 Å². The zero-order chi connectivity index (χ0) is 17.9. The van der Waals surface area contributed by atoms with E-state index in [9.17, 15) is 14.9 Å². The van der Waals surface area contributed by atoms with Crippen molar-refractivity contribution in [3.8, 4) is 0 Å². The van der Waals surface area contributed by atoms with E-state index in [1.54, 1.807) is 6.07 Å². The third-order valence-electron chi connectivity index (χ3n) is 3.25. The van der Waals surface area contributed by atoms with E-state index in [2.05, 4.69) is 10.6 Å². The van der Waals surface area contributed by atoms with Crippen molar-refractivity contribution in [2.45, 2.75) is 13.8 Å². The van der Waals surface area contributed by atoms with Crippen LogP contribution in [-0.4, -0.2) is 15.9 Å². The first-order valence-corrected chi connectivity index (χ1v) is 7.70. The van der Waals surface area contributed by atoms with Crippen LogP contribution in [0.2, 0.25) is 5.02 Å². The fourth-order valence-corrected chi connectivity index (χ4v) is 2.53. The normalized spacial score (nSPS) is 10.1. The molecule has 2 aromatic carbocycles. The lowest BCUT2D eigenvalue weighted by molar-refractivity contribution is -0.384. The van der Waals surface area contributed by atoms with Gasteiger partial charge in [0.1, 0.15) is 5.02 Å². The molecule has 2 N–H and O–H groups in total. The molecule has 0 saturated heterocycles. The number of aryl methyl sites for hydroxylation is 2. The molecule has 2 rings (SSSR count). The molecule has 8 heteroatoms. The SMILES string of the molecule is Cc1ccc(C(=O)NC(=S)Nc2ccc(Cl)c([N+](=O)[O-])c2)c(C)c1. The van der Waals surface area contributed by atoms with Crippen LogP contribution in [0.4, 0.5) is 11.4 Å². The third kappa shape index (κ3) is 4.27. The minimum Gasteiger partial charge on any atom is -0.332 e. The molecule has 0 fully saturated rings. The molecule has 0 aromatic heterocycles. The number of rotatable bonds is 3. The highest BCUT2D eigenvalue weighted by Gasteiger charge is 2.14. The number of anilines is 1. The molecule has 0 spiro atoms. The molecule has 24 heavy (non-hydrogen) atoms. The Morgan fingerprint density at radius 3 is 2.54 bits per heavy atom. The molecule has 0 bridgehead atoms. The minimum absolute atomic E-state index is 0.0239. The molecule has 0 saturated carbocycles. The predicted molar refractivity (Wildman–Crippen MR) is 97.7 cm³/mol. The highest BCUT2D eigenvalue weighted by Crippen LogP contribution is 2.27. The van der Waals surface area contributed by atoms with Crippen LogP contribution in [0.1, 0.15) is 21.5 Å². The summed E-state index contributed by atoms with van der Waals surface area (Å²) in [6.45, 7) is 3.77. The van der Waals surface area contributed by atoms with E-state index >= 15 is 0 Å². The number of nitro groups is 1. The van der Waals surface area contributed by atoms with Crippen LogP contribution in [0.3, 0.4) is 0 Å². The van der Waals surface area contributed by atoms with Gasteiger partial charge in [-0.15, -0.1) is 0 Å². The second-order valence-corrected chi connectivity index (χ2v) is 5.97. The molecule has 0 radical (unpaired) electrons. The Bertz CT molecular complexity index is 839. The number of benzene rings is 2. The lowest BCUT2D eigenvalue weighted by Crippen LogP contribution is -2.34. The molecule has 0 heterocycles. The van der Waals surface area contributed by atoms with Crippen LogP contribution in [0, 0.1) is 24.0 Å². The Hall–Kier alpha value is -2.51. The summed E-state index contributed by atoms with van der Waals surface area (Å²) in [6.07, 6.45) is 0. The fourth-order valence-electron chi connectivity index (χ4n) is 2.13. The van der Waals surface area contributed by atoms with Gasteiger partial charge in [0.05, 0.1) is 4.92 Å². The number of thiocarbonyl (C=S) groups is 1. The maximum absolute atomic E-state index is 12.2. The van der Waals surface area contributed by atoms with Gasteiger partial charge in [-0.05, 0) is 49.8 Å². The van der Waals surface area contributed by atoms with Gasteiger partial charge in [-0.3, -0.25) is 20.2 Å². The number of hydrogen-bond acceptors (Lipinski definition) is 4. The van der Waals surface area contributed by atoms with E-state index in [0.29, 0.717) is 11.3 Å². The summed E-state index contributed by atoms with van der Waals surface area (Å²) in [7, 11) is 0. The highest BCUT2D eigenvalue weighted by atomic mass is 35.5. The second kappa shape index (κ2) is 7.37. The highest BCUT2D eigenvalue weighted by molar-refractivity contribution is 7.80. The number of carbonyl (C=O) groups excluding carboxylic acids is 1. The maximum Gasteiger partial charge on any atom is 0.289 e. The summed E-state index contributed by atoms with van der Waals surface area (Å²) in [4.78, 5) is 22.5. The van der Waals surface area contributed by atoms with Crippen molar-refractivity contribution >= 4 is 46.2 Å². The van der Waals surface area contributed by atoms with E-state index in [0.717, 1.165) is 11.1 Å². The monoisotopic (exact) mass is 363 g/mol. The zero-order valence-corrected chi connectivity index (χ0v) is 14.5. The lowest BCUT2D eigenvalue weighted by Gasteiger charge is -2.11. The van der Waals surface area contributed by atoms with Gasteiger partial charge < -0.3 is 5.32 Å². The Morgan fingerprint density at radius 1 is 1.21 bits per heavy atom. The van der Waals surface area contributed by atoms with Crippen LogP contribution in [0.25, 0.3) is 0 Å². The van der Waals surface area contributed by atoms with Gasteiger partial charge >= 0.3 is 0 Å². The number of hydrogen-bond donors (Lipinski definition) is 2. The van der Waals surface area contributed by atoms with Crippen molar-refractivity contribution < 1.29 is 9.72 Å². The molecule has 0 aliphatic carbocycles. The number of nitrogens with one attached hydrogen (secondary N) is 2. The van der Waals surface area contributed by atoms with Crippen LogP contribution in [0.15, 0.2) is 36.4 Å². The number of carbonyl (C=O) groups is 1. The smallest absolute Gasteiger partial charge is 0.289 e. The molecule has 2 aromatic rings. The fraction of sp³-hybridized carbons (Fsp3) is 0.125. The van der Waals surface area contributed by atoms with Gasteiger partial charge in [-0.2, -0.15) is 0 Å². The molecule has 0 atom stereocenters. The zero-order valence-electron chi connectivity index (χ0n) is 12.9. The van der Waals surface area contributed by atoms with E-state index in [1.165, 1.54) is 18.2 Å². The first-order chi connectivity index (χ1) is 11.3. The second-order valence-electron chi connectivity index (χ2n) is 5.15. The summed E-state index contributed by atoms with van der Waals surface area (Å²) < 4.78 is 0. The van der Waals surface area contributed by atoms with E-state index < -0.39 is 4.92 Å². The van der Waals surface area contributed by atoms with E-state index in [-0.39, 0.29) is 21.7 Å². The van der Waals surface area contributed by atoms with E-state index in [1.807, 2.05) is 26.0 Å². The lowest BCUT2D eigenvalue weighted by atomic mass is 10.1. The van der Waals surface area contributed by atoms with Gasteiger partial charge in [0.25, 0.3) is 11.6 Å². The quantitative estimate of drug-likeness (QED) is 0.489. The van der Waals surface area contributed by atoms with Crippen LogP contribution in [0.5, 0.6) is 0 Å². The van der Waals surface area contributed by atoms with Crippen molar-refractivity contribution in [1.29, 1.82) is 0 Å². The van der Waals surface area contributed by atoms with Crippen LogP contribution < -0.4 is 10.6 Å². The van der Waals surface area contributed by atoms with Crippen molar-refractivity contribution in [3.63, 3.8) is 0 Å². The molecule has 0 aliphatic heterocycles. The number of nitro benzene ring substituents is 1. The average Bonchev–Trinajstić information content (AvgIpc) is 2.48. The van der Waals surface area contributed by atoms with Crippen molar-refractivity contribution in [1.82, 2.24) is 5.32 Å².